The Morgan fingerprint density at radius 2 is 1.79 bits per heavy atom. The molecular weight excluding hydrogens is 370 g/mol. The highest BCUT2D eigenvalue weighted by molar-refractivity contribution is 9.11. The Morgan fingerprint density at radius 1 is 1.21 bits per heavy atom. The number of hydrogen-bond acceptors (Lipinski definition) is 2. The molecule has 0 radical (unpaired) electrons. The van der Waals surface area contributed by atoms with E-state index >= 15 is 0 Å². The number of ether oxygens (including phenoxy) is 1. The molecular formula is C15H19Br2NO. The molecule has 1 aromatic rings. The van der Waals surface area contributed by atoms with E-state index in [1.54, 1.807) is 6.92 Å². The molecule has 0 fully saturated rings. The predicted molar refractivity (Wildman–Crippen MR) is 87.4 cm³/mol. The van der Waals surface area contributed by atoms with Gasteiger partial charge in [0.25, 0.3) is 0 Å². The molecule has 2 nitrogen and oxygen atoms in total. The third kappa shape index (κ3) is 5.99. The van der Waals surface area contributed by atoms with Gasteiger partial charge in [0.1, 0.15) is 12.4 Å². The standard InChI is InChI=1S/C15H19Br2NO/c1-5-6-7-19-14-12(16)8-11(9-13(14)17)10-18-15(2,3)4/h8-9,18H,7,10H2,1-4H3. The van der Waals surface area contributed by atoms with Crippen LogP contribution in [0.5, 0.6) is 5.75 Å². The fourth-order valence-electron chi connectivity index (χ4n) is 1.40. The molecule has 0 amide bonds. The lowest BCUT2D eigenvalue weighted by Crippen LogP contribution is -2.35. The van der Waals surface area contributed by atoms with Gasteiger partial charge in [0.05, 0.1) is 8.95 Å². The third-order valence-corrected chi connectivity index (χ3v) is 3.52. The highest BCUT2D eigenvalue weighted by atomic mass is 79.9. The van der Waals surface area contributed by atoms with Crippen molar-refractivity contribution in [3.63, 3.8) is 0 Å². The zero-order chi connectivity index (χ0) is 14.5. The minimum atomic E-state index is 0.102. The van der Waals surface area contributed by atoms with E-state index in [-0.39, 0.29) is 5.54 Å². The maximum absolute atomic E-state index is 5.62. The summed E-state index contributed by atoms with van der Waals surface area (Å²) < 4.78 is 7.49. The van der Waals surface area contributed by atoms with Gasteiger partial charge in [-0.25, -0.2) is 0 Å². The first-order valence-electron chi connectivity index (χ1n) is 6.09. The summed E-state index contributed by atoms with van der Waals surface area (Å²) in [5, 5.41) is 3.46. The first kappa shape index (κ1) is 16.6. The largest absolute Gasteiger partial charge is 0.479 e. The second kappa shape index (κ2) is 7.33. The summed E-state index contributed by atoms with van der Waals surface area (Å²) in [7, 11) is 0. The third-order valence-electron chi connectivity index (χ3n) is 2.35. The molecule has 0 spiro atoms. The number of benzene rings is 1. The molecule has 0 saturated heterocycles. The zero-order valence-corrected chi connectivity index (χ0v) is 14.9. The highest BCUT2D eigenvalue weighted by Crippen LogP contribution is 2.34. The van der Waals surface area contributed by atoms with Crippen LogP contribution in [0.1, 0.15) is 33.3 Å². The first-order chi connectivity index (χ1) is 8.83. The Morgan fingerprint density at radius 3 is 2.26 bits per heavy atom. The molecule has 0 heterocycles. The molecule has 0 bridgehead atoms. The molecule has 104 valence electrons. The van der Waals surface area contributed by atoms with Crippen molar-refractivity contribution in [3.8, 4) is 17.6 Å². The average molecular weight is 389 g/mol. The Labute approximate surface area is 132 Å². The average Bonchev–Trinajstić information content (AvgIpc) is 2.29. The Hall–Kier alpha value is -0.500. The van der Waals surface area contributed by atoms with Crippen LogP contribution >= 0.6 is 31.9 Å². The quantitative estimate of drug-likeness (QED) is 0.766. The summed E-state index contributed by atoms with van der Waals surface area (Å²) in [5.74, 6) is 6.49. The second-order valence-electron chi connectivity index (χ2n) is 5.21. The summed E-state index contributed by atoms with van der Waals surface area (Å²) in [6.45, 7) is 9.46. The number of hydrogen-bond donors (Lipinski definition) is 1. The fourth-order valence-corrected chi connectivity index (χ4v) is 2.91. The fraction of sp³-hybridized carbons (Fsp3) is 0.467. The number of halogens is 2. The van der Waals surface area contributed by atoms with Crippen LogP contribution < -0.4 is 10.1 Å². The smallest absolute Gasteiger partial charge is 0.149 e. The van der Waals surface area contributed by atoms with Gasteiger partial charge in [-0.2, -0.15) is 0 Å². The molecule has 0 saturated carbocycles. The maximum atomic E-state index is 5.62. The van der Waals surface area contributed by atoms with Crippen molar-refractivity contribution in [3.05, 3.63) is 26.6 Å². The summed E-state index contributed by atoms with van der Waals surface area (Å²) >= 11 is 7.08. The van der Waals surface area contributed by atoms with Crippen LogP contribution in [-0.2, 0) is 6.54 Å². The van der Waals surface area contributed by atoms with Gasteiger partial charge in [-0.15, -0.1) is 5.92 Å². The van der Waals surface area contributed by atoms with Crippen molar-refractivity contribution in [2.75, 3.05) is 6.61 Å². The lowest BCUT2D eigenvalue weighted by atomic mass is 10.1. The van der Waals surface area contributed by atoms with E-state index < -0.39 is 0 Å². The molecule has 19 heavy (non-hydrogen) atoms. The molecule has 0 aliphatic carbocycles. The van der Waals surface area contributed by atoms with E-state index in [2.05, 4.69) is 81.9 Å². The van der Waals surface area contributed by atoms with E-state index in [0.29, 0.717) is 6.61 Å². The van der Waals surface area contributed by atoms with Gasteiger partial charge in [0.2, 0.25) is 0 Å². The molecule has 0 atom stereocenters. The van der Waals surface area contributed by atoms with Gasteiger partial charge >= 0.3 is 0 Å². The van der Waals surface area contributed by atoms with Gasteiger partial charge in [-0.3, -0.25) is 0 Å². The molecule has 0 unspecified atom stereocenters. The predicted octanol–water partition coefficient (Wildman–Crippen LogP) is 4.50. The molecule has 4 heteroatoms. The van der Waals surface area contributed by atoms with Gasteiger partial charge in [0, 0.05) is 12.1 Å². The van der Waals surface area contributed by atoms with Crippen molar-refractivity contribution in [2.45, 2.75) is 39.8 Å². The zero-order valence-electron chi connectivity index (χ0n) is 11.7. The van der Waals surface area contributed by atoms with Crippen molar-refractivity contribution in [1.29, 1.82) is 0 Å². The van der Waals surface area contributed by atoms with E-state index in [1.807, 2.05) is 0 Å². The van der Waals surface area contributed by atoms with E-state index in [1.165, 1.54) is 5.56 Å². The van der Waals surface area contributed by atoms with Crippen LogP contribution in [0.4, 0.5) is 0 Å². The Balaban J connectivity index is 2.80. The Bertz CT molecular complexity index is 472. The summed E-state index contributed by atoms with van der Waals surface area (Å²) in [6.07, 6.45) is 0. The maximum Gasteiger partial charge on any atom is 0.149 e. The number of rotatable bonds is 4. The molecule has 1 rings (SSSR count). The lowest BCUT2D eigenvalue weighted by Gasteiger charge is -2.21. The molecule has 1 N–H and O–H groups in total. The molecule has 0 aromatic heterocycles. The van der Waals surface area contributed by atoms with Crippen LogP contribution in [0.2, 0.25) is 0 Å². The normalized spacial score (nSPS) is 10.8. The lowest BCUT2D eigenvalue weighted by molar-refractivity contribution is 0.365. The topological polar surface area (TPSA) is 21.3 Å². The minimum Gasteiger partial charge on any atom is -0.479 e. The summed E-state index contributed by atoms with van der Waals surface area (Å²) in [6, 6.07) is 4.14. The van der Waals surface area contributed by atoms with Crippen molar-refractivity contribution in [1.82, 2.24) is 5.32 Å². The minimum absolute atomic E-state index is 0.102. The van der Waals surface area contributed by atoms with Crippen LogP contribution in [0.3, 0.4) is 0 Å². The SMILES string of the molecule is CC#CCOc1c(Br)cc(CNC(C)(C)C)cc1Br. The first-order valence-corrected chi connectivity index (χ1v) is 7.67. The van der Waals surface area contributed by atoms with Gasteiger partial charge in [0.15, 0.2) is 0 Å². The van der Waals surface area contributed by atoms with Crippen LogP contribution in [-0.4, -0.2) is 12.1 Å². The second-order valence-corrected chi connectivity index (χ2v) is 6.92. The van der Waals surface area contributed by atoms with Crippen molar-refractivity contribution >= 4 is 31.9 Å². The van der Waals surface area contributed by atoms with E-state index in [0.717, 1.165) is 21.2 Å². The van der Waals surface area contributed by atoms with Crippen molar-refractivity contribution in [2.24, 2.45) is 0 Å². The molecule has 0 aliphatic rings. The van der Waals surface area contributed by atoms with Crippen LogP contribution in [0.15, 0.2) is 21.1 Å². The summed E-state index contributed by atoms with van der Waals surface area (Å²) in [5.41, 5.74) is 1.30. The van der Waals surface area contributed by atoms with Gasteiger partial charge in [-0.1, -0.05) is 5.92 Å². The van der Waals surface area contributed by atoms with E-state index in [4.69, 9.17) is 4.74 Å². The monoisotopic (exact) mass is 387 g/mol. The number of nitrogens with one attached hydrogen (secondary N) is 1. The van der Waals surface area contributed by atoms with Gasteiger partial charge < -0.3 is 10.1 Å². The van der Waals surface area contributed by atoms with Gasteiger partial charge in [-0.05, 0) is 77.3 Å². The molecule has 1 aromatic carbocycles. The van der Waals surface area contributed by atoms with Crippen molar-refractivity contribution < 1.29 is 4.74 Å². The Kier molecular flexibility index (Phi) is 6.38. The summed E-state index contributed by atoms with van der Waals surface area (Å²) in [4.78, 5) is 0. The molecule has 0 aliphatic heterocycles. The van der Waals surface area contributed by atoms with E-state index in [9.17, 15) is 0 Å². The van der Waals surface area contributed by atoms with Crippen LogP contribution in [0.25, 0.3) is 0 Å². The highest BCUT2D eigenvalue weighted by Gasteiger charge is 2.12. The van der Waals surface area contributed by atoms with Crippen LogP contribution in [0, 0.1) is 11.8 Å².